The molecule has 2 rings (SSSR count). The molecule has 0 saturated carbocycles. The second-order valence-corrected chi connectivity index (χ2v) is 6.47. The molecule has 136 valence electrons. The fourth-order valence-corrected chi connectivity index (χ4v) is 2.64. The Morgan fingerprint density at radius 1 is 1.04 bits per heavy atom. The van der Waals surface area contributed by atoms with Crippen molar-refractivity contribution in [2.24, 2.45) is 0 Å². The first kappa shape index (κ1) is 19.9. The van der Waals surface area contributed by atoms with Gasteiger partial charge in [0.15, 0.2) is 11.7 Å². The largest absolute Gasteiger partial charge is 0.497 e. The van der Waals surface area contributed by atoms with Crippen molar-refractivity contribution in [3.8, 4) is 11.5 Å². The molecule has 0 atom stereocenters. The molecular formula is C17H16IN3O4S. The SMILES string of the molecule is COc1ccc(OCC(=O)NC(=S)NNC(=O)c2ccccc2I)cc1. The van der Waals surface area contributed by atoms with Gasteiger partial charge in [-0.3, -0.25) is 25.8 Å². The molecular weight excluding hydrogens is 469 g/mol. The second-order valence-electron chi connectivity index (χ2n) is 4.90. The highest BCUT2D eigenvalue weighted by molar-refractivity contribution is 14.1. The van der Waals surface area contributed by atoms with E-state index in [2.05, 4.69) is 38.8 Å². The average Bonchev–Trinajstić information content (AvgIpc) is 2.65. The number of carbonyl (C=O) groups excluding carboxylic acids is 2. The zero-order valence-electron chi connectivity index (χ0n) is 13.7. The van der Waals surface area contributed by atoms with Crippen molar-refractivity contribution in [3.05, 3.63) is 57.7 Å². The van der Waals surface area contributed by atoms with Crippen LogP contribution >= 0.6 is 34.8 Å². The summed E-state index contributed by atoms with van der Waals surface area (Å²) in [7, 11) is 1.56. The van der Waals surface area contributed by atoms with E-state index in [0.29, 0.717) is 17.1 Å². The summed E-state index contributed by atoms with van der Waals surface area (Å²) >= 11 is 7.02. The second kappa shape index (κ2) is 9.92. The van der Waals surface area contributed by atoms with Crippen LogP contribution in [-0.2, 0) is 4.79 Å². The van der Waals surface area contributed by atoms with Gasteiger partial charge < -0.3 is 9.47 Å². The quantitative estimate of drug-likeness (QED) is 0.341. The molecule has 0 radical (unpaired) electrons. The molecule has 3 N–H and O–H groups in total. The number of benzene rings is 2. The van der Waals surface area contributed by atoms with Gasteiger partial charge in [-0.15, -0.1) is 0 Å². The molecule has 0 aliphatic rings. The Morgan fingerprint density at radius 3 is 2.35 bits per heavy atom. The van der Waals surface area contributed by atoms with Crippen LogP contribution in [0.1, 0.15) is 10.4 Å². The van der Waals surface area contributed by atoms with Gasteiger partial charge in [0.1, 0.15) is 11.5 Å². The number of thiocarbonyl (C=S) groups is 1. The highest BCUT2D eigenvalue weighted by atomic mass is 127. The lowest BCUT2D eigenvalue weighted by Gasteiger charge is -2.12. The van der Waals surface area contributed by atoms with E-state index in [4.69, 9.17) is 21.7 Å². The number of ether oxygens (including phenoxy) is 2. The third kappa shape index (κ3) is 6.15. The number of methoxy groups -OCH3 is 1. The maximum Gasteiger partial charge on any atom is 0.270 e. The Kier molecular flexibility index (Phi) is 7.60. The number of hydrogen-bond acceptors (Lipinski definition) is 5. The number of rotatable bonds is 5. The summed E-state index contributed by atoms with van der Waals surface area (Å²) in [4.78, 5) is 23.8. The van der Waals surface area contributed by atoms with Crippen LogP contribution in [0.15, 0.2) is 48.5 Å². The average molecular weight is 485 g/mol. The van der Waals surface area contributed by atoms with Gasteiger partial charge in [0.25, 0.3) is 11.8 Å². The number of amides is 2. The summed E-state index contributed by atoms with van der Waals surface area (Å²) in [5, 5.41) is 2.37. The van der Waals surface area contributed by atoms with Gasteiger partial charge in [-0.05, 0) is 71.2 Å². The number of nitrogens with one attached hydrogen (secondary N) is 3. The Bertz CT molecular complexity index is 799. The van der Waals surface area contributed by atoms with Crippen LogP contribution in [0.3, 0.4) is 0 Å². The predicted octanol–water partition coefficient (Wildman–Crippen LogP) is 2.01. The van der Waals surface area contributed by atoms with Crippen LogP contribution in [0.4, 0.5) is 0 Å². The van der Waals surface area contributed by atoms with E-state index in [9.17, 15) is 9.59 Å². The fraction of sp³-hybridized carbons (Fsp3) is 0.118. The number of hydrazine groups is 1. The van der Waals surface area contributed by atoms with Gasteiger partial charge in [0.2, 0.25) is 0 Å². The van der Waals surface area contributed by atoms with Crippen molar-refractivity contribution in [1.29, 1.82) is 0 Å². The van der Waals surface area contributed by atoms with Gasteiger partial charge in [-0.1, -0.05) is 12.1 Å². The van der Waals surface area contributed by atoms with Gasteiger partial charge >= 0.3 is 0 Å². The Balaban J connectivity index is 1.73. The van der Waals surface area contributed by atoms with Crippen molar-refractivity contribution in [2.45, 2.75) is 0 Å². The molecule has 0 fully saturated rings. The van der Waals surface area contributed by atoms with Gasteiger partial charge in [-0.2, -0.15) is 0 Å². The van der Waals surface area contributed by atoms with Crippen molar-refractivity contribution < 1.29 is 19.1 Å². The van der Waals surface area contributed by atoms with E-state index in [1.807, 2.05) is 12.1 Å². The minimum absolute atomic E-state index is 0.0346. The molecule has 0 saturated heterocycles. The summed E-state index contributed by atoms with van der Waals surface area (Å²) in [6.07, 6.45) is 0. The fourth-order valence-electron chi connectivity index (χ4n) is 1.84. The smallest absolute Gasteiger partial charge is 0.270 e. The highest BCUT2D eigenvalue weighted by Gasteiger charge is 2.10. The molecule has 0 spiro atoms. The van der Waals surface area contributed by atoms with Crippen molar-refractivity contribution >= 4 is 51.7 Å². The maximum absolute atomic E-state index is 12.0. The molecule has 0 heterocycles. The zero-order chi connectivity index (χ0) is 18.9. The first-order valence-electron chi connectivity index (χ1n) is 7.41. The minimum atomic E-state index is -0.457. The third-order valence-corrected chi connectivity index (χ3v) is 4.24. The molecule has 9 heteroatoms. The van der Waals surface area contributed by atoms with Crippen molar-refractivity contribution in [3.63, 3.8) is 0 Å². The third-order valence-electron chi connectivity index (χ3n) is 3.09. The van der Waals surface area contributed by atoms with Gasteiger partial charge in [0.05, 0.1) is 12.7 Å². The molecule has 0 unspecified atom stereocenters. The molecule has 2 aromatic carbocycles. The van der Waals surface area contributed by atoms with E-state index in [-0.39, 0.29) is 17.6 Å². The molecule has 0 aliphatic carbocycles. The molecule has 0 aromatic heterocycles. The summed E-state index contributed by atoms with van der Waals surface area (Å²) in [6.45, 7) is -0.224. The predicted molar refractivity (Wildman–Crippen MR) is 109 cm³/mol. The molecule has 0 bridgehead atoms. The van der Waals surface area contributed by atoms with Crippen LogP contribution in [0, 0.1) is 3.57 Å². The van der Waals surface area contributed by atoms with Gasteiger partial charge in [0, 0.05) is 3.57 Å². The zero-order valence-corrected chi connectivity index (χ0v) is 16.7. The summed E-state index contributed by atoms with van der Waals surface area (Å²) < 4.78 is 11.2. The molecule has 7 nitrogen and oxygen atoms in total. The van der Waals surface area contributed by atoms with E-state index in [0.717, 1.165) is 3.57 Å². The van der Waals surface area contributed by atoms with Crippen LogP contribution < -0.4 is 25.6 Å². The number of halogens is 1. The Hall–Kier alpha value is -2.40. The van der Waals surface area contributed by atoms with Crippen LogP contribution in [0.25, 0.3) is 0 Å². The Morgan fingerprint density at radius 2 is 1.69 bits per heavy atom. The standard InChI is InChI=1S/C17H16IN3O4S/c1-24-11-6-8-12(9-7-11)25-10-15(22)19-17(26)21-20-16(23)13-4-2-3-5-14(13)18/h2-9H,10H2,1H3,(H,20,23)(H2,19,21,22,26). The molecule has 0 aliphatic heterocycles. The first-order valence-corrected chi connectivity index (χ1v) is 8.90. The topological polar surface area (TPSA) is 88.7 Å². The van der Waals surface area contributed by atoms with Crippen LogP contribution in [0.5, 0.6) is 11.5 Å². The summed E-state index contributed by atoms with van der Waals surface area (Å²) in [5.41, 5.74) is 5.40. The van der Waals surface area contributed by atoms with E-state index in [1.54, 1.807) is 43.5 Å². The summed E-state index contributed by atoms with van der Waals surface area (Å²) in [6, 6.07) is 13.9. The maximum atomic E-state index is 12.0. The first-order chi connectivity index (χ1) is 12.5. The van der Waals surface area contributed by atoms with Crippen molar-refractivity contribution in [2.75, 3.05) is 13.7 Å². The van der Waals surface area contributed by atoms with Gasteiger partial charge in [-0.25, -0.2) is 0 Å². The van der Waals surface area contributed by atoms with E-state index >= 15 is 0 Å². The monoisotopic (exact) mass is 485 g/mol. The van der Waals surface area contributed by atoms with E-state index in [1.165, 1.54) is 0 Å². The molecule has 26 heavy (non-hydrogen) atoms. The number of carbonyl (C=O) groups is 2. The minimum Gasteiger partial charge on any atom is -0.497 e. The lowest BCUT2D eigenvalue weighted by molar-refractivity contribution is -0.121. The van der Waals surface area contributed by atoms with Crippen LogP contribution in [-0.4, -0.2) is 30.6 Å². The summed E-state index contributed by atoms with van der Waals surface area (Å²) in [5.74, 6) is 0.394. The normalized spacial score (nSPS) is 9.77. The highest BCUT2D eigenvalue weighted by Crippen LogP contribution is 2.16. The Labute approximate surface area is 169 Å². The number of hydrogen-bond donors (Lipinski definition) is 3. The van der Waals surface area contributed by atoms with Crippen LogP contribution in [0.2, 0.25) is 0 Å². The van der Waals surface area contributed by atoms with Crippen molar-refractivity contribution in [1.82, 2.24) is 16.2 Å². The lowest BCUT2D eigenvalue weighted by Crippen LogP contribution is -2.49. The molecule has 2 aromatic rings. The lowest BCUT2D eigenvalue weighted by atomic mass is 10.2. The van der Waals surface area contributed by atoms with E-state index < -0.39 is 5.91 Å². The molecule has 2 amide bonds.